The summed E-state index contributed by atoms with van der Waals surface area (Å²) in [6.45, 7) is 7.66. The Morgan fingerprint density at radius 2 is 1.69 bits per heavy atom. The van der Waals surface area contributed by atoms with Crippen LogP contribution >= 0.6 is 0 Å². The number of aromatic nitrogens is 3. The van der Waals surface area contributed by atoms with Crippen molar-refractivity contribution in [2.45, 2.75) is 19.5 Å². The van der Waals surface area contributed by atoms with Crippen LogP contribution in [0.1, 0.15) is 11.1 Å². The van der Waals surface area contributed by atoms with Crippen molar-refractivity contribution < 1.29 is 17.9 Å². The van der Waals surface area contributed by atoms with Crippen molar-refractivity contribution in [1.29, 1.82) is 0 Å². The Kier molecular flexibility index (Phi) is 5.71. The van der Waals surface area contributed by atoms with Crippen molar-refractivity contribution in [3.8, 4) is 17.1 Å². The van der Waals surface area contributed by atoms with E-state index in [0.717, 1.165) is 63.2 Å². The van der Waals surface area contributed by atoms with Gasteiger partial charge in [-0.15, -0.1) is 5.10 Å². The summed E-state index contributed by atoms with van der Waals surface area (Å²) in [5.41, 5.74) is 1.95. The van der Waals surface area contributed by atoms with Crippen molar-refractivity contribution in [1.82, 2.24) is 24.6 Å². The summed E-state index contributed by atoms with van der Waals surface area (Å²) >= 11 is 0. The SMILES string of the molecule is Cc1cc(CN2CCN(C3COC3)CC2)c(F)c(-n2cnc(-c3cc(F)cc(F)c3)n2)c1. The van der Waals surface area contributed by atoms with E-state index in [1.165, 1.54) is 11.0 Å². The van der Waals surface area contributed by atoms with E-state index >= 15 is 4.39 Å². The van der Waals surface area contributed by atoms with Crippen LogP contribution in [0.4, 0.5) is 13.2 Å². The Balaban J connectivity index is 1.35. The summed E-state index contributed by atoms with van der Waals surface area (Å²) in [5, 5.41) is 4.27. The van der Waals surface area contributed by atoms with E-state index in [0.29, 0.717) is 18.2 Å². The third kappa shape index (κ3) is 4.28. The monoisotopic (exact) mass is 443 g/mol. The third-order valence-electron chi connectivity index (χ3n) is 6.07. The summed E-state index contributed by atoms with van der Waals surface area (Å²) in [4.78, 5) is 8.81. The molecule has 9 heteroatoms. The molecule has 0 aliphatic carbocycles. The number of hydrogen-bond donors (Lipinski definition) is 0. The van der Waals surface area contributed by atoms with Crippen LogP contribution in [-0.2, 0) is 11.3 Å². The highest BCUT2D eigenvalue weighted by atomic mass is 19.1. The predicted molar refractivity (Wildman–Crippen MR) is 113 cm³/mol. The molecule has 6 nitrogen and oxygen atoms in total. The third-order valence-corrected chi connectivity index (χ3v) is 6.07. The Labute approximate surface area is 184 Å². The van der Waals surface area contributed by atoms with Crippen LogP contribution < -0.4 is 0 Å². The van der Waals surface area contributed by atoms with E-state index in [1.54, 1.807) is 6.07 Å². The lowest BCUT2D eigenvalue weighted by atomic mass is 10.1. The van der Waals surface area contributed by atoms with Crippen molar-refractivity contribution in [2.75, 3.05) is 39.4 Å². The molecule has 2 aliphatic heterocycles. The number of piperazine rings is 1. The average molecular weight is 443 g/mol. The van der Waals surface area contributed by atoms with Gasteiger partial charge in [0.05, 0.1) is 19.3 Å². The molecule has 168 valence electrons. The number of ether oxygens (including phenoxy) is 1. The van der Waals surface area contributed by atoms with Gasteiger partial charge < -0.3 is 4.74 Å². The Bertz CT molecular complexity index is 1100. The van der Waals surface area contributed by atoms with Gasteiger partial charge in [-0.05, 0) is 30.7 Å². The van der Waals surface area contributed by atoms with Crippen LogP contribution in [0.25, 0.3) is 17.1 Å². The zero-order valence-corrected chi connectivity index (χ0v) is 17.8. The molecule has 5 rings (SSSR count). The van der Waals surface area contributed by atoms with E-state index in [9.17, 15) is 8.78 Å². The number of benzene rings is 2. The van der Waals surface area contributed by atoms with E-state index < -0.39 is 11.6 Å². The quantitative estimate of drug-likeness (QED) is 0.606. The van der Waals surface area contributed by atoms with E-state index in [2.05, 4.69) is 19.9 Å². The predicted octanol–water partition coefficient (Wildman–Crippen LogP) is 3.18. The minimum absolute atomic E-state index is 0.127. The van der Waals surface area contributed by atoms with Crippen molar-refractivity contribution >= 4 is 0 Å². The van der Waals surface area contributed by atoms with Gasteiger partial charge >= 0.3 is 0 Å². The van der Waals surface area contributed by atoms with E-state index in [4.69, 9.17) is 4.74 Å². The van der Waals surface area contributed by atoms with Gasteiger partial charge in [-0.25, -0.2) is 22.8 Å². The van der Waals surface area contributed by atoms with Crippen molar-refractivity contribution in [2.24, 2.45) is 0 Å². The van der Waals surface area contributed by atoms with Gasteiger partial charge in [-0.1, -0.05) is 6.07 Å². The second-order valence-electron chi connectivity index (χ2n) is 8.43. The lowest BCUT2D eigenvalue weighted by molar-refractivity contribution is -0.0774. The fraction of sp³-hybridized carbons (Fsp3) is 0.391. The Morgan fingerprint density at radius 3 is 2.34 bits per heavy atom. The molecule has 3 aromatic rings. The normalized spacial score (nSPS) is 18.1. The maximum Gasteiger partial charge on any atom is 0.181 e. The van der Waals surface area contributed by atoms with Gasteiger partial charge in [0.15, 0.2) is 11.6 Å². The molecule has 2 saturated heterocycles. The molecule has 2 aromatic carbocycles. The van der Waals surface area contributed by atoms with Gasteiger partial charge in [-0.3, -0.25) is 9.80 Å². The van der Waals surface area contributed by atoms with Crippen LogP contribution in [0.15, 0.2) is 36.7 Å². The van der Waals surface area contributed by atoms with Crippen molar-refractivity contribution in [3.63, 3.8) is 0 Å². The number of rotatable bonds is 5. The molecular formula is C23H24F3N5O. The van der Waals surface area contributed by atoms with Crippen LogP contribution in [-0.4, -0.2) is 70.0 Å². The molecule has 32 heavy (non-hydrogen) atoms. The summed E-state index contributed by atoms with van der Waals surface area (Å²) < 4.78 is 49.1. The van der Waals surface area contributed by atoms with Gasteiger partial charge in [-0.2, -0.15) is 0 Å². The molecule has 3 heterocycles. The molecule has 1 aromatic heterocycles. The molecule has 2 fully saturated rings. The van der Waals surface area contributed by atoms with Gasteiger partial charge in [0.1, 0.15) is 23.6 Å². The topological polar surface area (TPSA) is 46.4 Å². The summed E-state index contributed by atoms with van der Waals surface area (Å²) in [6, 6.07) is 7.15. The average Bonchev–Trinajstić information content (AvgIpc) is 3.20. The van der Waals surface area contributed by atoms with E-state index in [-0.39, 0.29) is 22.9 Å². The zero-order chi connectivity index (χ0) is 22.2. The smallest absolute Gasteiger partial charge is 0.181 e. The minimum atomic E-state index is -0.717. The van der Waals surface area contributed by atoms with Crippen LogP contribution in [0.2, 0.25) is 0 Å². The maximum atomic E-state index is 15.4. The van der Waals surface area contributed by atoms with Crippen LogP contribution in [0, 0.1) is 24.4 Å². The first-order valence-corrected chi connectivity index (χ1v) is 10.7. The zero-order valence-electron chi connectivity index (χ0n) is 17.8. The van der Waals surface area contributed by atoms with Gasteiger partial charge in [0.25, 0.3) is 0 Å². The largest absolute Gasteiger partial charge is 0.378 e. The second kappa shape index (κ2) is 8.65. The molecule has 0 unspecified atom stereocenters. The molecule has 0 atom stereocenters. The highest BCUT2D eigenvalue weighted by molar-refractivity contribution is 5.55. The number of halogens is 3. The van der Waals surface area contributed by atoms with Crippen molar-refractivity contribution in [3.05, 3.63) is 65.2 Å². The first kappa shape index (κ1) is 21.1. The summed E-state index contributed by atoms with van der Waals surface area (Å²) in [7, 11) is 0. The lowest BCUT2D eigenvalue weighted by Gasteiger charge is -2.42. The minimum Gasteiger partial charge on any atom is -0.378 e. The first-order chi connectivity index (χ1) is 15.5. The van der Waals surface area contributed by atoms with Gasteiger partial charge in [0.2, 0.25) is 0 Å². The Morgan fingerprint density at radius 1 is 0.969 bits per heavy atom. The molecule has 2 aliphatic rings. The molecule has 0 spiro atoms. The highest BCUT2D eigenvalue weighted by Gasteiger charge is 2.29. The molecule has 0 bridgehead atoms. The van der Waals surface area contributed by atoms with Gasteiger partial charge in [0, 0.05) is 49.9 Å². The molecular weight excluding hydrogens is 419 g/mol. The first-order valence-electron chi connectivity index (χ1n) is 10.7. The standard InChI is InChI=1S/C23H24F3N5O/c1-15-6-17(11-29-2-4-30(5-3-29)20-12-32-13-20)22(26)21(7-15)31-14-27-23(28-31)16-8-18(24)10-19(25)9-16/h6-10,14,20H,2-5,11-13H2,1H3. The van der Waals surface area contributed by atoms with Crippen LogP contribution in [0.5, 0.6) is 0 Å². The maximum absolute atomic E-state index is 15.4. The molecule has 0 radical (unpaired) electrons. The second-order valence-corrected chi connectivity index (χ2v) is 8.43. The van der Waals surface area contributed by atoms with Crippen LogP contribution in [0.3, 0.4) is 0 Å². The number of nitrogens with zero attached hydrogens (tertiary/aromatic N) is 5. The summed E-state index contributed by atoms with van der Waals surface area (Å²) in [6.07, 6.45) is 1.36. The fourth-order valence-electron chi connectivity index (χ4n) is 4.26. The molecule has 0 saturated carbocycles. The lowest BCUT2D eigenvalue weighted by Crippen LogP contribution is -2.56. The molecule has 0 N–H and O–H groups in total. The Hall–Kier alpha value is -2.75. The van der Waals surface area contributed by atoms with E-state index in [1.807, 2.05) is 13.0 Å². The number of hydrogen-bond acceptors (Lipinski definition) is 5. The summed E-state index contributed by atoms with van der Waals surface area (Å²) in [5.74, 6) is -1.68. The fourth-order valence-corrected chi connectivity index (χ4v) is 4.26. The molecule has 0 amide bonds. The highest BCUT2D eigenvalue weighted by Crippen LogP contribution is 2.24. The number of aryl methyl sites for hydroxylation is 1.